The van der Waals surface area contributed by atoms with Crippen LogP contribution in [0.2, 0.25) is 0 Å². The molecule has 3 aromatic rings. The van der Waals surface area contributed by atoms with Crippen molar-refractivity contribution in [3.8, 4) is 5.75 Å². The molecule has 0 unspecified atom stereocenters. The Morgan fingerprint density at radius 2 is 1.96 bits per heavy atom. The molecular formula is C20H21N3O2S. The van der Waals surface area contributed by atoms with E-state index in [0.29, 0.717) is 23.8 Å². The fourth-order valence-corrected chi connectivity index (χ4v) is 3.37. The first kappa shape index (κ1) is 18.1. The van der Waals surface area contributed by atoms with E-state index >= 15 is 0 Å². The minimum absolute atomic E-state index is 0.105. The SMILES string of the molecule is Cc1ccc(OCc2nc(C)c(C(=O)NCc3ccccc3C)s2)cn1. The number of nitrogens with zero attached hydrogens (tertiary/aromatic N) is 2. The number of hydrogen-bond donors (Lipinski definition) is 1. The third-order valence-corrected chi connectivity index (χ3v) is 5.12. The van der Waals surface area contributed by atoms with E-state index in [1.165, 1.54) is 11.3 Å². The monoisotopic (exact) mass is 367 g/mol. The van der Waals surface area contributed by atoms with Gasteiger partial charge in [0.05, 0.1) is 11.9 Å². The van der Waals surface area contributed by atoms with Crippen LogP contribution >= 0.6 is 11.3 Å². The van der Waals surface area contributed by atoms with E-state index in [1.54, 1.807) is 6.20 Å². The van der Waals surface area contributed by atoms with Crippen LogP contribution in [0, 0.1) is 20.8 Å². The number of hydrogen-bond acceptors (Lipinski definition) is 5. The lowest BCUT2D eigenvalue weighted by molar-refractivity contribution is 0.0954. The van der Waals surface area contributed by atoms with Crippen LogP contribution in [0.3, 0.4) is 0 Å². The molecule has 2 aromatic heterocycles. The number of benzene rings is 1. The summed E-state index contributed by atoms with van der Waals surface area (Å²) < 4.78 is 5.69. The molecule has 0 radical (unpaired) electrons. The van der Waals surface area contributed by atoms with Gasteiger partial charge in [0.2, 0.25) is 0 Å². The van der Waals surface area contributed by atoms with Crippen LogP contribution in [0.4, 0.5) is 0 Å². The zero-order valence-corrected chi connectivity index (χ0v) is 15.9. The van der Waals surface area contributed by atoms with E-state index < -0.39 is 0 Å². The Morgan fingerprint density at radius 1 is 1.15 bits per heavy atom. The maximum atomic E-state index is 12.5. The van der Waals surface area contributed by atoms with Gasteiger partial charge in [-0.2, -0.15) is 0 Å². The van der Waals surface area contributed by atoms with Gasteiger partial charge in [-0.25, -0.2) is 4.98 Å². The summed E-state index contributed by atoms with van der Waals surface area (Å²) in [5.74, 6) is 0.584. The van der Waals surface area contributed by atoms with Crippen LogP contribution in [0.15, 0.2) is 42.6 Å². The van der Waals surface area contributed by atoms with Crippen molar-refractivity contribution < 1.29 is 9.53 Å². The maximum Gasteiger partial charge on any atom is 0.263 e. The zero-order chi connectivity index (χ0) is 18.5. The molecule has 0 saturated heterocycles. The Balaban J connectivity index is 1.61. The molecule has 1 amide bonds. The summed E-state index contributed by atoms with van der Waals surface area (Å²) in [5.41, 5.74) is 3.93. The summed E-state index contributed by atoms with van der Waals surface area (Å²) >= 11 is 1.36. The minimum atomic E-state index is -0.105. The number of carbonyl (C=O) groups excluding carboxylic acids is 1. The van der Waals surface area contributed by atoms with Crippen molar-refractivity contribution in [2.24, 2.45) is 0 Å². The molecule has 5 nitrogen and oxygen atoms in total. The van der Waals surface area contributed by atoms with Gasteiger partial charge in [0, 0.05) is 12.2 Å². The van der Waals surface area contributed by atoms with E-state index in [0.717, 1.165) is 27.5 Å². The normalized spacial score (nSPS) is 10.6. The van der Waals surface area contributed by atoms with Crippen LogP contribution in [0.25, 0.3) is 0 Å². The third kappa shape index (κ3) is 4.46. The van der Waals surface area contributed by atoms with E-state index in [2.05, 4.69) is 15.3 Å². The van der Waals surface area contributed by atoms with E-state index in [-0.39, 0.29) is 5.91 Å². The standard InChI is InChI=1S/C20H21N3O2S/c1-13-6-4-5-7-16(13)10-22-20(24)19-15(3)23-18(26-19)12-25-17-9-8-14(2)21-11-17/h4-9,11H,10,12H2,1-3H3,(H,22,24). The minimum Gasteiger partial charge on any atom is -0.485 e. The molecule has 0 fully saturated rings. The van der Waals surface area contributed by atoms with E-state index in [9.17, 15) is 4.79 Å². The summed E-state index contributed by atoms with van der Waals surface area (Å²) in [6, 6.07) is 11.8. The summed E-state index contributed by atoms with van der Waals surface area (Å²) in [5, 5.41) is 3.74. The summed E-state index contributed by atoms with van der Waals surface area (Å²) in [7, 11) is 0. The van der Waals surface area contributed by atoms with E-state index in [4.69, 9.17) is 4.74 Å². The Morgan fingerprint density at radius 3 is 2.69 bits per heavy atom. The van der Waals surface area contributed by atoms with Gasteiger partial charge >= 0.3 is 0 Å². The van der Waals surface area contributed by atoms with Crippen LogP contribution in [0.5, 0.6) is 5.75 Å². The molecule has 0 aliphatic rings. The van der Waals surface area contributed by atoms with Crippen LogP contribution in [-0.2, 0) is 13.2 Å². The highest BCUT2D eigenvalue weighted by Crippen LogP contribution is 2.20. The number of amides is 1. The maximum absolute atomic E-state index is 12.5. The van der Waals surface area contributed by atoms with Gasteiger partial charge in [0.25, 0.3) is 5.91 Å². The lowest BCUT2D eigenvalue weighted by Gasteiger charge is -2.07. The molecule has 1 aromatic carbocycles. The Kier molecular flexibility index (Phi) is 5.63. The predicted octanol–water partition coefficient (Wildman–Crippen LogP) is 3.97. The van der Waals surface area contributed by atoms with Gasteiger partial charge in [-0.05, 0) is 44.0 Å². The number of nitrogens with one attached hydrogen (secondary N) is 1. The Bertz CT molecular complexity index is 904. The summed E-state index contributed by atoms with van der Waals surface area (Å²) in [6.07, 6.45) is 1.69. The highest BCUT2D eigenvalue weighted by molar-refractivity contribution is 7.13. The first-order valence-electron chi connectivity index (χ1n) is 8.37. The lowest BCUT2D eigenvalue weighted by atomic mass is 10.1. The molecular weight excluding hydrogens is 346 g/mol. The number of aryl methyl sites for hydroxylation is 3. The quantitative estimate of drug-likeness (QED) is 0.716. The molecule has 0 saturated carbocycles. The number of carbonyl (C=O) groups is 1. The topological polar surface area (TPSA) is 64.1 Å². The lowest BCUT2D eigenvalue weighted by Crippen LogP contribution is -2.22. The summed E-state index contributed by atoms with van der Waals surface area (Å²) in [4.78, 5) is 21.8. The third-order valence-electron chi connectivity index (χ3n) is 3.99. The molecule has 6 heteroatoms. The second kappa shape index (κ2) is 8.10. The molecule has 2 heterocycles. The average molecular weight is 367 g/mol. The number of thiazole rings is 1. The van der Waals surface area contributed by atoms with Gasteiger partial charge in [0.15, 0.2) is 0 Å². The molecule has 0 aliphatic carbocycles. The van der Waals surface area contributed by atoms with Crippen LogP contribution in [-0.4, -0.2) is 15.9 Å². The van der Waals surface area contributed by atoms with Crippen molar-refractivity contribution in [2.45, 2.75) is 33.9 Å². The van der Waals surface area contributed by atoms with Gasteiger partial charge in [-0.1, -0.05) is 24.3 Å². The van der Waals surface area contributed by atoms with Gasteiger partial charge in [-0.15, -0.1) is 11.3 Å². The highest BCUT2D eigenvalue weighted by atomic mass is 32.1. The number of rotatable bonds is 6. The van der Waals surface area contributed by atoms with Crippen molar-refractivity contribution >= 4 is 17.2 Å². The fraction of sp³-hybridized carbons (Fsp3) is 0.250. The second-order valence-corrected chi connectivity index (χ2v) is 7.14. The molecule has 0 bridgehead atoms. The second-order valence-electron chi connectivity index (χ2n) is 6.06. The van der Waals surface area contributed by atoms with Crippen molar-refractivity contribution in [2.75, 3.05) is 0 Å². The fourth-order valence-electron chi connectivity index (χ4n) is 2.47. The molecule has 1 N–H and O–H groups in total. The molecule has 0 aliphatic heterocycles. The van der Waals surface area contributed by atoms with Gasteiger partial charge < -0.3 is 10.1 Å². The van der Waals surface area contributed by atoms with Gasteiger partial charge in [-0.3, -0.25) is 9.78 Å². The van der Waals surface area contributed by atoms with Crippen LogP contribution < -0.4 is 10.1 Å². The average Bonchev–Trinajstić information content (AvgIpc) is 3.01. The molecule has 26 heavy (non-hydrogen) atoms. The molecule has 0 atom stereocenters. The van der Waals surface area contributed by atoms with Crippen molar-refractivity contribution in [3.63, 3.8) is 0 Å². The van der Waals surface area contributed by atoms with Crippen molar-refractivity contribution in [3.05, 3.63) is 75.0 Å². The van der Waals surface area contributed by atoms with Crippen LogP contribution in [0.1, 0.15) is 37.2 Å². The highest BCUT2D eigenvalue weighted by Gasteiger charge is 2.15. The van der Waals surface area contributed by atoms with Gasteiger partial charge in [0.1, 0.15) is 22.2 Å². The number of aromatic nitrogens is 2. The van der Waals surface area contributed by atoms with Crippen molar-refractivity contribution in [1.29, 1.82) is 0 Å². The Hall–Kier alpha value is -2.73. The molecule has 3 rings (SSSR count). The first-order chi connectivity index (χ1) is 12.5. The zero-order valence-electron chi connectivity index (χ0n) is 15.1. The number of ether oxygens (including phenoxy) is 1. The van der Waals surface area contributed by atoms with E-state index in [1.807, 2.05) is 57.2 Å². The molecule has 0 spiro atoms. The Labute approximate surface area is 157 Å². The first-order valence-corrected chi connectivity index (χ1v) is 9.19. The van der Waals surface area contributed by atoms with Crippen molar-refractivity contribution in [1.82, 2.24) is 15.3 Å². The predicted molar refractivity (Wildman–Crippen MR) is 103 cm³/mol. The molecule has 134 valence electrons. The number of pyridine rings is 1. The largest absolute Gasteiger partial charge is 0.485 e. The summed E-state index contributed by atoms with van der Waals surface area (Å²) in [6.45, 7) is 6.63. The smallest absolute Gasteiger partial charge is 0.263 e.